The summed E-state index contributed by atoms with van der Waals surface area (Å²) in [6.45, 7) is -0.393. The first kappa shape index (κ1) is 17.9. The maximum absolute atomic E-state index is 12.8. The number of anilines is 1. The lowest BCUT2D eigenvalue weighted by Crippen LogP contribution is -2.33. The molecule has 0 atom stereocenters. The van der Waals surface area contributed by atoms with Crippen LogP contribution < -0.4 is 14.8 Å². The molecule has 0 saturated heterocycles. The molecular weight excluding hydrogens is 335 g/mol. The highest BCUT2D eigenvalue weighted by Crippen LogP contribution is 2.14. The van der Waals surface area contributed by atoms with Crippen molar-refractivity contribution in [3.05, 3.63) is 59.9 Å². The van der Waals surface area contributed by atoms with Crippen LogP contribution in [0.3, 0.4) is 0 Å². The quantitative estimate of drug-likeness (QED) is 0.797. The molecule has 0 heterocycles. The van der Waals surface area contributed by atoms with Crippen LogP contribution in [0.2, 0.25) is 0 Å². The molecule has 2 rings (SSSR count). The molecule has 2 aromatic rings. The van der Waals surface area contributed by atoms with Gasteiger partial charge in [0.2, 0.25) is 15.9 Å². The van der Waals surface area contributed by atoms with Gasteiger partial charge in [0.25, 0.3) is 0 Å². The smallest absolute Gasteiger partial charge is 0.239 e. The molecule has 8 heteroatoms. The van der Waals surface area contributed by atoms with Gasteiger partial charge in [-0.25, -0.2) is 17.5 Å². The number of rotatable bonds is 7. The number of methoxy groups -OCH3 is 1. The van der Waals surface area contributed by atoms with E-state index in [0.717, 1.165) is 0 Å². The number of halogens is 1. The van der Waals surface area contributed by atoms with E-state index in [-0.39, 0.29) is 5.75 Å². The molecule has 1 amide bonds. The third-order valence-electron chi connectivity index (χ3n) is 3.10. The van der Waals surface area contributed by atoms with E-state index in [4.69, 9.17) is 4.74 Å². The average molecular weight is 352 g/mol. The summed E-state index contributed by atoms with van der Waals surface area (Å²) < 4.78 is 43.9. The molecule has 2 aromatic carbocycles. The Labute approximate surface area is 139 Å². The summed E-state index contributed by atoms with van der Waals surface area (Å²) in [6.07, 6.45) is 0. The van der Waals surface area contributed by atoms with Crippen LogP contribution in [0.1, 0.15) is 5.56 Å². The van der Waals surface area contributed by atoms with E-state index >= 15 is 0 Å². The van der Waals surface area contributed by atoms with E-state index in [1.807, 2.05) is 0 Å². The van der Waals surface area contributed by atoms with E-state index < -0.39 is 28.3 Å². The Morgan fingerprint density at radius 2 is 1.71 bits per heavy atom. The Morgan fingerprint density at radius 1 is 1.08 bits per heavy atom. The van der Waals surface area contributed by atoms with E-state index in [1.165, 1.54) is 31.4 Å². The van der Waals surface area contributed by atoms with Crippen molar-refractivity contribution in [3.8, 4) is 5.75 Å². The van der Waals surface area contributed by atoms with Crippen LogP contribution in [-0.4, -0.2) is 28.0 Å². The largest absolute Gasteiger partial charge is 0.497 e. The summed E-state index contributed by atoms with van der Waals surface area (Å²) in [6, 6.07) is 11.8. The Hall–Kier alpha value is -2.45. The van der Waals surface area contributed by atoms with Crippen LogP contribution in [0.5, 0.6) is 5.75 Å². The van der Waals surface area contributed by atoms with Gasteiger partial charge in [-0.2, -0.15) is 0 Å². The molecule has 6 nitrogen and oxygen atoms in total. The summed E-state index contributed by atoms with van der Waals surface area (Å²) in [5.41, 5.74) is 0.956. The van der Waals surface area contributed by atoms with Crippen LogP contribution in [0.15, 0.2) is 48.5 Å². The molecule has 0 aromatic heterocycles. The van der Waals surface area contributed by atoms with Crippen molar-refractivity contribution in [2.75, 3.05) is 19.0 Å². The van der Waals surface area contributed by atoms with Crippen molar-refractivity contribution in [3.63, 3.8) is 0 Å². The fraction of sp³-hybridized carbons (Fsp3) is 0.188. The van der Waals surface area contributed by atoms with Gasteiger partial charge in [0, 0.05) is 5.69 Å². The van der Waals surface area contributed by atoms with Gasteiger partial charge < -0.3 is 10.1 Å². The number of amides is 1. The Morgan fingerprint density at radius 3 is 2.29 bits per heavy atom. The molecule has 0 fully saturated rings. The third kappa shape index (κ3) is 5.64. The van der Waals surface area contributed by atoms with E-state index in [0.29, 0.717) is 17.0 Å². The molecule has 0 bridgehead atoms. The predicted molar refractivity (Wildman–Crippen MR) is 88.7 cm³/mol. The number of sulfonamides is 1. The molecular formula is C16H17FN2O4S. The molecule has 0 spiro atoms. The highest BCUT2D eigenvalue weighted by atomic mass is 32.2. The Kier molecular flexibility index (Phi) is 5.88. The molecule has 0 unspecified atom stereocenters. The van der Waals surface area contributed by atoms with Gasteiger partial charge in [-0.15, -0.1) is 0 Å². The van der Waals surface area contributed by atoms with Gasteiger partial charge in [-0.1, -0.05) is 12.1 Å². The van der Waals surface area contributed by atoms with Gasteiger partial charge >= 0.3 is 0 Å². The summed E-state index contributed by atoms with van der Waals surface area (Å²) in [5, 5.41) is 2.57. The zero-order chi connectivity index (χ0) is 17.6. The number of hydrogen-bond acceptors (Lipinski definition) is 4. The second kappa shape index (κ2) is 7.89. The average Bonchev–Trinajstić information content (AvgIpc) is 2.56. The van der Waals surface area contributed by atoms with E-state index in [1.54, 1.807) is 24.3 Å². The second-order valence-electron chi connectivity index (χ2n) is 4.98. The van der Waals surface area contributed by atoms with Gasteiger partial charge in [0.1, 0.15) is 11.6 Å². The van der Waals surface area contributed by atoms with E-state index in [9.17, 15) is 17.6 Å². The highest BCUT2D eigenvalue weighted by Gasteiger charge is 2.13. The van der Waals surface area contributed by atoms with Gasteiger partial charge in [0.05, 0.1) is 19.4 Å². The molecule has 0 aliphatic carbocycles. The SMILES string of the molecule is COc1ccc(NC(=O)CNS(=O)(=O)Cc2ccc(F)cc2)cc1. The highest BCUT2D eigenvalue weighted by molar-refractivity contribution is 7.88. The minimum absolute atomic E-state index is 0.330. The number of carbonyl (C=O) groups is 1. The summed E-state index contributed by atoms with van der Waals surface area (Å²) >= 11 is 0. The molecule has 0 aliphatic heterocycles. The summed E-state index contributed by atoms with van der Waals surface area (Å²) in [5.74, 6) is -0.623. The first-order valence-corrected chi connectivity index (χ1v) is 8.69. The monoisotopic (exact) mass is 352 g/mol. The number of hydrogen-bond donors (Lipinski definition) is 2. The molecule has 0 aliphatic rings. The van der Waals surface area contributed by atoms with Crippen molar-refractivity contribution < 1.29 is 22.3 Å². The lowest BCUT2D eigenvalue weighted by molar-refractivity contribution is -0.115. The number of benzene rings is 2. The second-order valence-corrected chi connectivity index (χ2v) is 6.79. The summed E-state index contributed by atoms with van der Waals surface area (Å²) in [7, 11) is -2.17. The Balaban J connectivity index is 1.86. The molecule has 24 heavy (non-hydrogen) atoms. The first-order valence-electron chi connectivity index (χ1n) is 7.04. The zero-order valence-corrected chi connectivity index (χ0v) is 13.8. The topological polar surface area (TPSA) is 84.5 Å². The number of carbonyl (C=O) groups excluding carboxylic acids is 1. The van der Waals surface area contributed by atoms with Gasteiger partial charge in [-0.05, 0) is 42.0 Å². The van der Waals surface area contributed by atoms with Gasteiger partial charge in [-0.3, -0.25) is 4.79 Å². The van der Waals surface area contributed by atoms with Crippen LogP contribution >= 0.6 is 0 Å². The minimum atomic E-state index is -3.70. The molecule has 0 radical (unpaired) electrons. The van der Waals surface area contributed by atoms with Crippen LogP contribution in [0, 0.1) is 5.82 Å². The lowest BCUT2D eigenvalue weighted by atomic mass is 10.2. The molecule has 0 saturated carbocycles. The molecule has 2 N–H and O–H groups in total. The third-order valence-corrected chi connectivity index (χ3v) is 4.39. The number of nitrogens with one attached hydrogen (secondary N) is 2. The van der Waals surface area contributed by atoms with Crippen molar-refractivity contribution in [2.45, 2.75) is 5.75 Å². The molecule has 128 valence electrons. The maximum atomic E-state index is 12.8. The standard InChI is InChI=1S/C16H17FN2O4S/c1-23-15-8-6-14(7-9-15)19-16(20)10-18-24(21,22)11-12-2-4-13(17)5-3-12/h2-9,18H,10-11H2,1H3,(H,19,20). The number of ether oxygens (including phenoxy) is 1. The normalized spacial score (nSPS) is 11.1. The van der Waals surface area contributed by atoms with Crippen molar-refractivity contribution in [1.82, 2.24) is 4.72 Å². The van der Waals surface area contributed by atoms with E-state index in [2.05, 4.69) is 10.0 Å². The van der Waals surface area contributed by atoms with Crippen molar-refractivity contribution in [1.29, 1.82) is 0 Å². The minimum Gasteiger partial charge on any atom is -0.497 e. The Bertz CT molecular complexity index is 790. The first-order chi connectivity index (χ1) is 11.4. The van der Waals surface area contributed by atoms with Crippen LogP contribution in [0.25, 0.3) is 0 Å². The van der Waals surface area contributed by atoms with Crippen molar-refractivity contribution >= 4 is 21.6 Å². The van der Waals surface area contributed by atoms with Crippen LogP contribution in [-0.2, 0) is 20.6 Å². The fourth-order valence-corrected chi connectivity index (χ4v) is 2.99. The predicted octanol–water partition coefficient (Wildman–Crippen LogP) is 1.89. The fourth-order valence-electron chi connectivity index (χ4n) is 1.91. The zero-order valence-electron chi connectivity index (χ0n) is 13.0. The lowest BCUT2D eigenvalue weighted by Gasteiger charge is -2.08. The summed E-state index contributed by atoms with van der Waals surface area (Å²) in [4.78, 5) is 11.8. The maximum Gasteiger partial charge on any atom is 0.239 e. The van der Waals surface area contributed by atoms with Gasteiger partial charge in [0.15, 0.2) is 0 Å². The van der Waals surface area contributed by atoms with Crippen molar-refractivity contribution in [2.24, 2.45) is 0 Å². The van der Waals surface area contributed by atoms with Crippen LogP contribution in [0.4, 0.5) is 10.1 Å².